The highest BCUT2D eigenvalue weighted by molar-refractivity contribution is 7.20. The fraction of sp³-hybridized carbons (Fsp3) is 0.214. The molecule has 0 radical (unpaired) electrons. The Bertz CT molecular complexity index is 603. The van der Waals surface area contributed by atoms with E-state index in [1.54, 1.807) is 11.3 Å². The molecule has 2 aromatic heterocycles. The van der Waals surface area contributed by atoms with Crippen LogP contribution in [-0.2, 0) is 0 Å². The summed E-state index contributed by atoms with van der Waals surface area (Å²) < 4.78 is 2.07. The molecule has 17 heavy (non-hydrogen) atoms. The Balaban J connectivity index is 2.01. The van der Waals surface area contributed by atoms with Crippen molar-refractivity contribution in [1.82, 2.24) is 9.38 Å². The van der Waals surface area contributed by atoms with Crippen molar-refractivity contribution in [3.63, 3.8) is 0 Å². The first kappa shape index (κ1) is 10.5. The number of benzene rings is 1. The van der Waals surface area contributed by atoms with E-state index >= 15 is 0 Å². The first-order valence-corrected chi connectivity index (χ1v) is 6.58. The Morgan fingerprint density at radius 1 is 1.18 bits per heavy atom. The first-order chi connectivity index (χ1) is 8.24. The summed E-state index contributed by atoms with van der Waals surface area (Å²) in [5, 5.41) is 0. The van der Waals surface area contributed by atoms with Gasteiger partial charge in [0.25, 0.3) is 0 Å². The molecule has 86 valence electrons. The smallest absolute Gasteiger partial charge is 0.194 e. The van der Waals surface area contributed by atoms with Crippen LogP contribution in [0.5, 0.6) is 0 Å². The average molecular weight is 242 g/mol. The molecule has 0 saturated heterocycles. The fourth-order valence-corrected chi connectivity index (χ4v) is 2.84. The molecule has 0 fully saturated rings. The lowest BCUT2D eigenvalue weighted by atomic mass is 10.0. The van der Waals surface area contributed by atoms with E-state index in [2.05, 4.69) is 53.7 Å². The zero-order valence-electron chi connectivity index (χ0n) is 9.92. The lowest BCUT2D eigenvalue weighted by molar-refractivity contribution is 0.867. The van der Waals surface area contributed by atoms with Gasteiger partial charge in [0.1, 0.15) is 0 Å². The summed E-state index contributed by atoms with van der Waals surface area (Å²) in [6.45, 7) is 4.43. The highest BCUT2D eigenvalue weighted by Gasteiger charge is 2.05. The molecule has 0 saturated carbocycles. The summed E-state index contributed by atoms with van der Waals surface area (Å²) in [7, 11) is 0. The molecule has 0 amide bonds. The molecule has 0 spiro atoms. The van der Waals surface area contributed by atoms with Gasteiger partial charge >= 0.3 is 0 Å². The van der Waals surface area contributed by atoms with Gasteiger partial charge in [-0.3, -0.25) is 4.40 Å². The lowest BCUT2D eigenvalue weighted by Gasteiger charge is -2.05. The zero-order chi connectivity index (χ0) is 11.8. The third-order valence-corrected chi connectivity index (χ3v) is 4.01. The van der Waals surface area contributed by atoms with Gasteiger partial charge in [0, 0.05) is 18.6 Å². The maximum atomic E-state index is 4.29. The fourth-order valence-electron chi connectivity index (χ4n) is 1.89. The van der Waals surface area contributed by atoms with Crippen LogP contribution in [0, 0.1) is 0 Å². The Hall–Kier alpha value is -1.61. The van der Waals surface area contributed by atoms with Crippen molar-refractivity contribution >= 4 is 16.3 Å². The van der Waals surface area contributed by atoms with Crippen LogP contribution in [0.1, 0.15) is 25.3 Å². The highest BCUT2D eigenvalue weighted by atomic mass is 32.1. The summed E-state index contributed by atoms with van der Waals surface area (Å²) in [6, 6.07) is 8.81. The van der Waals surface area contributed by atoms with Crippen molar-refractivity contribution in [2.45, 2.75) is 19.8 Å². The SMILES string of the molecule is CC(C)c1ccc(-c2cn3ccnc3s2)cc1. The van der Waals surface area contributed by atoms with Gasteiger partial charge in [-0.2, -0.15) is 0 Å². The van der Waals surface area contributed by atoms with E-state index in [9.17, 15) is 0 Å². The molecule has 3 aromatic rings. The van der Waals surface area contributed by atoms with Crippen LogP contribution >= 0.6 is 11.3 Å². The molecule has 0 aliphatic rings. The molecule has 0 bridgehead atoms. The van der Waals surface area contributed by atoms with Crippen molar-refractivity contribution < 1.29 is 0 Å². The highest BCUT2D eigenvalue weighted by Crippen LogP contribution is 2.28. The van der Waals surface area contributed by atoms with Crippen LogP contribution in [0.3, 0.4) is 0 Å². The predicted octanol–water partition coefficient (Wildman–Crippen LogP) is 4.19. The third kappa shape index (κ3) is 1.87. The summed E-state index contributed by atoms with van der Waals surface area (Å²) in [4.78, 5) is 6.61. The topological polar surface area (TPSA) is 17.3 Å². The molecule has 3 rings (SSSR count). The predicted molar refractivity (Wildman–Crippen MR) is 72.6 cm³/mol. The Morgan fingerprint density at radius 2 is 1.94 bits per heavy atom. The molecule has 0 unspecified atom stereocenters. The molecular weight excluding hydrogens is 228 g/mol. The number of aromatic nitrogens is 2. The number of rotatable bonds is 2. The minimum Gasteiger partial charge on any atom is -0.297 e. The number of thiazole rings is 1. The molecule has 2 heterocycles. The quantitative estimate of drug-likeness (QED) is 0.658. The summed E-state index contributed by atoms with van der Waals surface area (Å²) >= 11 is 1.72. The summed E-state index contributed by atoms with van der Waals surface area (Å²) in [5.41, 5.74) is 2.65. The van der Waals surface area contributed by atoms with Gasteiger partial charge < -0.3 is 0 Å². The Labute approximate surface area is 105 Å². The molecule has 3 heteroatoms. The monoisotopic (exact) mass is 242 g/mol. The van der Waals surface area contributed by atoms with Gasteiger partial charge in [0.05, 0.1) is 4.88 Å². The van der Waals surface area contributed by atoms with Gasteiger partial charge in [-0.05, 0) is 17.0 Å². The van der Waals surface area contributed by atoms with Gasteiger partial charge in [-0.15, -0.1) is 0 Å². The number of hydrogen-bond donors (Lipinski definition) is 0. The van der Waals surface area contributed by atoms with Gasteiger partial charge in [0.15, 0.2) is 4.96 Å². The molecule has 0 N–H and O–H groups in total. The minimum absolute atomic E-state index is 0.588. The molecule has 2 nitrogen and oxygen atoms in total. The zero-order valence-corrected chi connectivity index (χ0v) is 10.7. The van der Waals surface area contributed by atoms with E-state index in [0.717, 1.165) is 4.96 Å². The Kier molecular flexibility index (Phi) is 2.48. The molecule has 0 aliphatic heterocycles. The molecule has 0 aliphatic carbocycles. The van der Waals surface area contributed by atoms with Crippen LogP contribution in [0.2, 0.25) is 0 Å². The molecular formula is C14H14N2S. The standard InChI is InChI=1S/C14H14N2S/c1-10(2)11-3-5-12(6-4-11)13-9-16-8-7-15-14(16)17-13/h3-10H,1-2H3. The van der Waals surface area contributed by atoms with E-state index < -0.39 is 0 Å². The number of hydrogen-bond acceptors (Lipinski definition) is 2. The normalized spacial score (nSPS) is 11.5. The average Bonchev–Trinajstić information content (AvgIpc) is 2.89. The second kappa shape index (κ2) is 4.00. The largest absolute Gasteiger partial charge is 0.297 e. The maximum absolute atomic E-state index is 4.29. The number of nitrogens with zero attached hydrogens (tertiary/aromatic N) is 2. The van der Waals surface area contributed by atoms with E-state index in [-0.39, 0.29) is 0 Å². The van der Waals surface area contributed by atoms with Crippen LogP contribution < -0.4 is 0 Å². The number of imidazole rings is 1. The van der Waals surface area contributed by atoms with E-state index in [0.29, 0.717) is 5.92 Å². The first-order valence-electron chi connectivity index (χ1n) is 5.77. The minimum atomic E-state index is 0.588. The van der Waals surface area contributed by atoms with Crippen LogP contribution in [0.15, 0.2) is 42.9 Å². The van der Waals surface area contributed by atoms with Crippen molar-refractivity contribution in [2.75, 3.05) is 0 Å². The van der Waals surface area contributed by atoms with Crippen molar-refractivity contribution in [3.8, 4) is 10.4 Å². The van der Waals surface area contributed by atoms with Crippen molar-refractivity contribution in [2.24, 2.45) is 0 Å². The number of fused-ring (bicyclic) bond motifs is 1. The van der Waals surface area contributed by atoms with Gasteiger partial charge in [-0.25, -0.2) is 4.98 Å². The van der Waals surface area contributed by atoms with Gasteiger partial charge in [0.2, 0.25) is 0 Å². The lowest BCUT2D eigenvalue weighted by Crippen LogP contribution is -1.85. The van der Waals surface area contributed by atoms with Crippen LogP contribution in [-0.4, -0.2) is 9.38 Å². The van der Waals surface area contributed by atoms with Crippen LogP contribution in [0.4, 0.5) is 0 Å². The van der Waals surface area contributed by atoms with E-state index in [4.69, 9.17) is 0 Å². The Morgan fingerprint density at radius 3 is 2.59 bits per heavy atom. The van der Waals surface area contributed by atoms with Crippen molar-refractivity contribution in [3.05, 3.63) is 48.4 Å². The van der Waals surface area contributed by atoms with Gasteiger partial charge in [-0.1, -0.05) is 49.4 Å². The second-order valence-corrected chi connectivity index (χ2v) is 5.50. The molecule has 1 aromatic carbocycles. The summed E-state index contributed by atoms with van der Waals surface area (Å²) in [6.07, 6.45) is 5.95. The van der Waals surface area contributed by atoms with E-state index in [1.807, 2.05) is 12.4 Å². The maximum Gasteiger partial charge on any atom is 0.194 e. The third-order valence-electron chi connectivity index (χ3n) is 2.95. The van der Waals surface area contributed by atoms with Crippen molar-refractivity contribution in [1.29, 1.82) is 0 Å². The van der Waals surface area contributed by atoms with Crippen LogP contribution in [0.25, 0.3) is 15.4 Å². The second-order valence-electron chi connectivity index (χ2n) is 4.49. The summed E-state index contributed by atoms with van der Waals surface area (Å²) in [5.74, 6) is 0.588. The molecule has 0 atom stereocenters. The van der Waals surface area contributed by atoms with E-state index in [1.165, 1.54) is 16.0 Å².